The molecule has 0 aliphatic heterocycles. The van der Waals surface area contributed by atoms with E-state index in [0.29, 0.717) is 5.69 Å². The van der Waals surface area contributed by atoms with E-state index in [-0.39, 0.29) is 17.5 Å². The number of sulfonamides is 1. The lowest BCUT2D eigenvalue weighted by Crippen LogP contribution is -2.23. The van der Waals surface area contributed by atoms with Crippen molar-refractivity contribution in [2.45, 2.75) is 31.3 Å². The summed E-state index contributed by atoms with van der Waals surface area (Å²) in [6.45, 7) is 4.19. The van der Waals surface area contributed by atoms with Crippen LogP contribution in [0.3, 0.4) is 0 Å². The lowest BCUT2D eigenvalue weighted by atomic mass is 10.2. The molecule has 0 radical (unpaired) electrons. The number of nitrogens with zero attached hydrogens (tertiary/aromatic N) is 2. The van der Waals surface area contributed by atoms with Crippen LogP contribution in [0.25, 0.3) is 10.6 Å². The molecule has 1 aromatic carbocycles. The number of benzene rings is 1. The Morgan fingerprint density at radius 1 is 1.17 bits per heavy atom. The van der Waals surface area contributed by atoms with E-state index in [9.17, 15) is 8.42 Å². The molecule has 0 atom stereocenters. The summed E-state index contributed by atoms with van der Waals surface area (Å²) in [6, 6.07) is 13.3. The molecule has 2 aromatic heterocycles. The molecule has 0 bridgehead atoms. The smallest absolute Gasteiger partial charge is 0.244 e. The monoisotopic (exact) mass is 361 g/mol. The van der Waals surface area contributed by atoms with Gasteiger partial charge in [-0.25, -0.2) is 13.1 Å². The fraction of sp³-hybridized carbons (Fsp3) is 0.235. The van der Waals surface area contributed by atoms with Crippen LogP contribution < -0.4 is 4.72 Å². The molecule has 0 aliphatic carbocycles. The average molecular weight is 361 g/mol. The van der Waals surface area contributed by atoms with Gasteiger partial charge in [0, 0.05) is 18.8 Å². The lowest BCUT2D eigenvalue weighted by molar-refractivity contribution is 0.532. The van der Waals surface area contributed by atoms with Crippen molar-refractivity contribution in [3.05, 3.63) is 59.6 Å². The molecule has 0 unspecified atom stereocenters. The molecule has 7 heteroatoms. The predicted octanol–water partition coefficient (Wildman–Crippen LogP) is 3.67. The van der Waals surface area contributed by atoms with E-state index in [1.165, 1.54) is 11.3 Å². The highest BCUT2D eigenvalue weighted by molar-refractivity contribution is 7.89. The lowest BCUT2D eigenvalue weighted by Gasteiger charge is -2.06. The van der Waals surface area contributed by atoms with Crippen molar-refractivity contribution < 1.29 is 8.42 Å². The minimum atomic E-state index is -3.65. The van der Waals surface area contributed by atoms with Crippen molar-refractivity contribution in [2.24, 2.45) is 0 Å². The van der Waals surface area contributed by atoms with Gasteiger partial charge in [0.1, 0.15) is 10.6 Å². The Labute approximate surface area is 146 Å². The van der Waals surface area contributed by atoms with Crippen LogP contribution in [0.5, 0.6) is 0 Å². The molecule has 3 rings (SSSR count). The molecule has 0 fully saturated rings. The third-order valence-corrected chi connectivity index (χ3v) is 5.86. The Hall–Kier alpha value is -1.96. The van der Waals surface area contributed by atoms with Gasteiger partial charge < -0.3 is 0 Å². The average Bonchev–Trinajstić information content (AvgIpc) is 3.23. The van der Waals surface area contributed by atoms with Gasteiger partial charge in [-0.3, -0.25) is 4.68 Å². The normalized spacial score (nSPS) is 12.0. The van der Waals surface area contributed by atoms with Gasteiger partial charge in [-0.2, -0.15) is 5.10 Å². The fourth-order valence-corrected chi connectivity index (χ4v) is 4.22. The van der Waals surface area contributed by atoms with Gasteiger partial charge in [0.2, 0.25) is 10.0 Å². The quantitative estimate of drug-likeness (QED) is 0.728. The van der Waals surface area contributed by atoms with E-state index < -0.39 is 10.0 Å². The number of thiophene rings is 1. The summed E-state index contributed by atoms with van der Waals surface area (Å²) >= 11 is 1.48. The van der Waals surface area contributed by atoms with E-state index in [0.717, 1.165) is 10.4 Å². The maximum atomic E-state index is 12.8. The van der Waals surface area contributed by atoms with E-state index in [2.05, 4.69) is 9.82 Å². The molecule has 3 aromatic rings. The first kappa shape index (κ1) is 16.9. The number of aromatic nitrogens is 2. The van der Waals surface area contributed by atoms with E-state index in [4.69, 9.17) is 0 Å². The number of rotatable bonds is 6. The van der Waals surface area contributed by atoms with Crippen LogP contribution in [0.15, 0.2) is 58.9 Å². The van der Waals surface area contributed by atoms with Crippen LogP contribution >= 0.6 is 11.3 Å². The summed E-state index contributed by atoms with van der Waals surface area (Å²) in [6.07, 6.45) is 1.60. The molecule has 126 valence electrons. The van der Waals surface area contributed by atoms with Crippen molar-refractivity contribution in [2.75, 3.05) is 0 Å². The minimum absolute atomic E-state index is 0.0850. The fourth-order valence-electron chi connectivity index (χ4n) is 2.27. The minimum Gasteiger partial charge on any atom is -0.268 e. The zero-order valence-electron chi connectivity index (χ0n) is 13.5. The third-order valence-electron chi connectivity index (χ3n) is 3.58. The van der Waals surface area contributed by atoms with Gasteiger partial charge in [-0.15, -0.1) is 11.3 Å². The van der Waals surface area contributed by atoms with E-state index >= 15 is 0 Å². The predicted molar refractivity (Wildman–Crippen MR) is 96.4 cm³/mol. The van der Waals surface area contributed by atoms with Crippen LogP contribution in [0.4, 0.5) is 0 Å². The molecule has 0 saturated heterocycles. The molecule has 0 aliphatic rings. The summed E-state index contributed by atoms with van der Waals surface area (Å²) in [5.41, 5.74) is 1.41. The molecular weight excluding hydrogens is 342 g/mol. The summed E-state index contributed by atoms with van der Waals surface area (Å²) < 4.78 is 30.0. The number of hydrogen-bond acceptors (Lipinski definition) is 4. The maximum Gasteiger partial charge on any atom is 0.244 e. The van der Waals surface area contributed by atoms with Gasteiger partial charge in [0.05, 0.1) is 4.88 Å². The summed E-state index contributed by atoms with van der Waals surface area (Å²) in [5, 5.41) is 6.40. The second-order valence-electron chi connectivity index (χ2n) is 5.70. The first-order valence-corrected chi connectivity index (χ1v) is 10.0. The molecule has 1 N–H and O–H groups in total. The van der Waals surface area contributed by atoms with Gasteiger partial charge in [-0.1, -0.05) is 36.4 Å². The molecule has 24 heavy (non-hydrogen) atoms. The highest BCUT2D eigenvalue weighted by Gasteiger charge is 2.24. The maximum absolute atomic E-state index is 12.8. The highest BCUT2D eigenvalue weighted by atomic mass is 32.2. The van der Waals surface area contributed by atoms with Crippen LogP contribution in [-0.4, -0.2) is 18.2 Å². The van der Waals surface area contributed by atoms with Gasteiger partial charge in [0.25, 0.3) is 0 Å². The van der Waals surface area contributed by atoms with Crippen LogP contribution in [0.2, 0.25) is 0 Å². The highest BCUT2D eigenvalue weighted by Crippen LogP contribution is 2.30. The Morgan fingerprint density at radius 3 is 2.54 bits per heavy atom. The Morgan fingerprint density at radius 2 is 1.92 bits per heavy atom. The molecule has 2 heterocycles. The first-order valence-electron chi connectivity index (χ1n) is 7.64. The van der Waals surface area contributed by atoms with E-state index in [1.54, 1.807) is 10.9 Å². The summed E-state index contributed by atoms with van der Waals surface area (Å²) in [7, 11) is -3.65. The largest absolute Gasteiger partial charge is 0.268 e. The van der Waals surface area contributed by atoms with Crippen molar-refractivity contribution in [1.29, 1.82) is 0 Å². The summed E-state index contributed by atoms with van der Waals surface area (Å²) in [5.74, 6) is 0. The molecule has 0 amide bonds. The van der Waals surface area contributed by atoms with Crippen LogP contribution in [-0.2, 0) is 16.6 Å². The number of hydrogen-bond donors (Lipinski definition) is 1. The Bertz CT molecular complexity index is 899. The van der Waals surface area contributed by atoms with Gasteiger partial charge in [0.15, 0.2) is 0 Å². The molecule has 0 saturated carbocycles. The molecular formula is C17H19N3O2S2. The molecule has 0 spiro atoms. The standard InChI is InChI=1S/C17H19N3O2S2/c1-13(2)20-12-16(17(19-20)15-9-6-10-23-15)24(21,22)18-11-14-7-4-3-5-8-14/h3-10,12-13,18H,11H2,1-2H3. The van der Waals surface area contributed by atoms with Crippen molar-refractivity contribution in [3.8, 4) is 10.6 Å². The van der Waals surface area contributed by atoms with Gasteiger partial charge >= 0.3 is 0 Å². The van der Waals surface area contributed by atoms with Crippen molar-refractivity contribution in [1.82, 2.24) is 14.5 Å². The van der Waals surface area contributed by atoms with Crippen LogP contribution in [0, 0.1) is 0 Å². The first-order chi connectivity index (χ1) is 11.5. The Balaban J connectivity index is 1.94. The SMILES string of the molecule is CC(C)n1cc(S(=O)(=O)NCc2ccccc2)c(-c2cccs2)n1. The second kappa shape index (κ2) is 6.88. The zero-order chi connectivity index (χ0) is 17.2. The summed E-state index contributed by atoms with van der Waals surface area (Å²) in [4.78, 5) is 1.06. The van der Waals surface area contributed by atoms with Gasteiger partial charge in [-0.05, 0) is 30.9 Å². The number of nitrogens with one attached hydrogen (secondary N) is 1. The third kappa shape index (κ3) is 3.58. The molecule has 5 nitrogen and oxygen atoms in total. The van der Waals surface area contributed by atoms with Crippen molar-refractivity contribution >= 4 is 21.4 Å². The topological polar surface area (TPSA) is 64.0 Å². The van der Waals surface area contributed by atoms with Crippen LogP contribution in [0.1, 0.15) is 25.5 Å². The zero-order valence-corrected chi connectivity index (χ0v) is 15.1. The van der Waals surface area contributed by atoms with Crippen molar-refractivity contribution in [3.63, 3.8) is 0 Å². The second-order valence-corrected chi connectivity index (χ2v) is 8.39. The van der Waals surface area contributed by atoms with E-state index in [1.807, 2.05) is 61.7 Å². The Kier molecular flexibility index (Phi) is 4.84.